The molecule has 0 bridgehead atoms. The van der Waals surface area contributed by atoms with Gasteiger partial charge in [-0.05, 0) is 82.6 Å². The van der Waals surface area contributed by atoms with Crippen molar-refractivity contribution in [2.45, 2.75) is 57.6 Å². The molecule has 39 heavy (non-hydrogen) atoms. The summed E-state index contributed by atoms with van der Waals surface area (Å²) in [5.74, 6) is -0.881. The van der Waals surface area contributed by atoms with E-state index in [0.717, 1.165) is 19.9 Å². The van der Waals surface area contributed by atoms with Gasteiger partial charge in [0.15, 0.2) is 0 Å². The van der Waals surface area contributed by atoms with E-state index in [4.69, 9.17) is 11.6 Å². The first-order chi connectivity index (χ1) is 18.2. The number of nitrogens with zero attached hydrogens (tertiary/aromatic N) is 2. The molecule has 7 nitrogen and oxygen atoms in total. The molecule has 10 heteroatoms. The Labute approximate surface area is 244 Å². The van der Waals surface area contributed by atoms with Gasteiger partial charge in [-0.25, -0.2) is 8.42 Å². The van der Waals surface area contributed by atoms with Crippen LogP contribution in [0.15, 0.2) is 82.2 Å². The van der Waals surface area contributed by atoms with Crippen molar-refractivity contribution in [3.05, 3.63) is 93.4 Å². The summed E-state index contributed by atoms with van der Waals surface area (Å²) in [5.41, 5.74) is 1.42. The number of halogens is 2. The minimum Gasteiger partial charge on any atom is -0.350 e. The summed E-state index contributed by atoms with van der Waals surface area (Å²) in [6.45, 7) is 8.64. The SMILES string of the molecule is Cc1ccc(S(=O)(=O)N(CC(=O)N(Cc2ccc(Br)cc2)[C@H](C)C(=O)NC(C)(C)C)c2cccc(Cl)c2)cc1. The van der Waals surface area contributed by atoms with Gasteiger partial charge in [-0.2, -0.15) is 0 Å². The molecule has 0 saturated carbocycles. The Morgan fingerprint density at radius 2 is 1.62 bits per heavy atom. The molecule has 0 radical (unpaired) electrons. The van der Waals surface area contributed by atoms with E-state index in [9.17, 15) is 18.0 Å². The van der Waals surface area contributed by atoms with E-state index in [-0.39, 0.29) is 23.0 Å². The van der Waals surface area contributed by atoms with Gasteiger partial charge in [0.25, 0.3) is 10.0 Å². The van der Waals surface area contributed by atoms with Crippen LogP contribution >= 0.6 is 27.5 Å². The van der Waals surface area contributed by atoms with Crippen molar-refractivity contribution >= 4 is 55.1 Å². The van der Waals surface area contributed by atoms with E-state index in [1.54, 1.807) is 37.3 Å². The fourth-order valence-corrected chi connectivity index (χ4v) is 5.70. The Morgan fingerprint density at radius 1 is 1.00 bits per heavy atom. The van der Waals surface area contributed by atoms with Crippen LogP contribution < -0.4 is 9.62 Å². The summed E-state index contributed by atoms with van der Waals surface area (Å²) in [6.07, 6.45) is 0. The first-order valence-corrected chi connectivity index (χ1v) is 15.0. The fraction of sp³-hybridized carbons (Fsp3) is 0.310. The molecule has 0 aliphatic carbocycles. The molecule has 0 spiro atoms. The summed E-state index contributed by atoms with van der Waals surface area (Å²) in [7, 11) is -4.15. The lowest BCUT2D eigenvalue weighted by molar-refractivity contribution is -0.140. The van der Waals surface area contributed by atoms with Gasteiger partial charge >= 0.3 is 0 Å². The van der Waals surface area contributed by atoms with Crippen LogP contribution in [0.3, 0.4) is 0 Å². The van der Waals surface area contributed by atoms with Gasteiger partial charge in [0, 0.05) is 21.6 Å². The number of aryl methyl sites for hydroxylation is 1. The second kappa shape index (κ2) is 12.5. The van der Waals surface area contributed by atoms with E-state index >= 15 is 0 Å². The number of amides is 2. The molecule has 0 aliphatic rings. The largest absolute Gasteiger partial charge is 0.350 e. The van der Waals surface area contributed by atoms with Crippen molar-refractivity contribution in [2.24, 2.45) is 0 Å². The quantitative estimate of drug-likeness (QED) is 0.316. The van der Waals surface area contributed by atoms with E-state index in [2.05, 4.69) is 21.2 Å². The van der Waals surface area contributed by atoms with Crippen LogP contribution in [0, 0.1) is 6.92 Å². The van der Waals surface area contributed by atoms with Crippen LogP contribution in [-0.4, -0.2) is 43.3 Å². The Bertz CT molecular complexity index is 1420. The topological polar surface area (TPSA) is 86.8 Å². The molecular formula is C29H33BrClN3O4S. The molecule has 0 unspecified atom stereocenters. The minimum atomic E-state index is -4.15. The van der Waals surface area contributed by atoms with Crippen molar-refractivity contribution in [2.75, 3.05) is 10.8 Å². The third-order valence-electron chi connectivity index (χ3n) is 5.92. The molecule has 0 saturated heterocycles. The van der Waals surface area contributed by atoms with Gasteiger partial charge in [-0.1, -0.05) is 63.4 Å². The van der Waals surface area contributed by atoms with Crippen LogP contribution in [0.4, 0.5) is 5.69 Å². The van der Waals surface area contributed by atoms with Crippen LogP contribution in [0.1, 0.15) is 38.8 Å². The van der Waals surface area contributed by atoms with Crippen molar-refractivity contribution in [3.8, 4) is 0 Å². The number of carbonyl (C=O) groups excluding carboxylic acids is 2. The molecule has 1 atom stereocenters. The van der Waals surface area contributed by atoms with Crippen molar-refractivity contribution in [3.63, 3.8) is 0 Å². The van der Waals surface area contributed by atoms with E-state index in [0.29, 0.717) is 5.02 Å². The summed E-state index contributed by atoms with van der Waals surface area (Å²) in [5, 5.41) is 3.24. The molecule has 0 heterocycles. The fourth-order valence-electron chi connectivity index (χ4n) is 3.84. The van der Waals surface area contributed by atoms with Crippen molar-refractivity contribution < 1.29 is 18.0 Å². The Balaban J connectivity index is 2.03. The highest BCUT2D eigenvalue weighted by Gasteiger charge is 2.33. The second-order valence-corrected chi connectivity index (χ2v) is 13.6. The van der Waals surface area contributed by atoms with Crippen LogP contribution in [0.25, 0.3) is 0 Å². The number of carbonyl (C=O) groups is 2. The molecule has 208 valence electrons. The van der Waals surface area contributed by atoms with Gasteiger partial charge in [-0.3, -0.25) is 13.9 Å². The molecule has 3 aromatic carbocycles. The lowest BCUT2D eigenvalue weighted by Gasteiger charge is -2.33. The lowest BCUT2D eigenvalue weighted by Crippen LogP contribution is -2.54. The predicted molar refractivity (Wildman–Crippen MR) is 159 cm³/mol. The highest BCUT2D eigenvalue weighted by atomic mass is 79.9. The molecule has 0 fully saturated rings. The van der Waals surface area contributed by atoms with Crippen LogP contribution in [0.5, 0.6) is 0 Å². The van der Waals surface area contributed by atoms with Crippen molar-refractivity contribution in [1.82, 2.24) is 10.2 Å². The number of anilines is 1. The summed E-state index contributed by atoms with van der Waals surface area (Å²) < 4.78 is 29.6. The third-order valence-corrected chi connectivity index (χ3v) is 8.47. The zero-order valence-corrected chi connectivity index (χ0v) is 25.8. The number of benzene rings is 3. The van der Waals surface area contributed by atoms with Crippen LogP contribution in [-0.2, 0) is 26.2 Å². The predicted octanol–water partition coefficient (Wildman–Crippen LogP) is 5.94. The summed E-state index contributed by atoms with van der Waals surface area (Å²) in [6, 6.07) is 19.2. The number of nitrogens with one attached hydrogen (secondary N) is 1. The average molecular weight is 635 g/mol. The molecule has 0 aromatic heterocycles. The molecule has 0 aliphatic heterocycles. The monoisotopic (exact) mass is 633 g/mol. The van der Waals surface area contributed by atoms with Gasteiger partial charge in [0.2, 0.25) is 11.8 Å². The third kappa shape index (κ3) is 8.30. The van der Waals surface area contributed by atoms with E-state index < -0.39 is 34.1 Å². The highest BCUT2D eigenvalue weighted by molar-refractivity contribution is 9.10. The maximum Gasteiger partial charge on any atom is 0.264 e. The van der Waals surface area contributed by atoms with E-state index in [1.807, 2.05) is 52.0 Å². The zero-order chi connectivity index (χ0) is 29.0. The molecule has 3 rings (SSSR count). The molecule has 1 N–H and O–H groups in total. The Morgan fingerprint density at radius 3 is 2.18 bits per heavy atom. The van der Waals surface area contributed by atoms with Crippen LogP contribution in [0.2, 0.25) is 5.02 Å². The van der Waals surface area contributed by atoms with Gasteiger partial charge in [0.1, 0.15) is 12.6 Å². The Hall–Kier alpha value is -2.88. The Kier molecular flexibility index (Phi) is 9.85. The summed E-state index contributed by atoms with van der Waals surface area (Å²) in [4.78, 5) is 28.5. The second-order valence-electron chi connectivity index (χ2n) is 10.4. The summed E-state index contributed by atoms with van der Waals surface area (Å²) >= 11 is 9.61. The first-order valence-electron chi connectivity index (χ1n) is 12.4. The highest BCUT2D eigenvalue weighted by Crippen LogP contribution is 2.27. The minimum absolute atomic E-state index is 0.0406. The standard InChI is InChI=1S/C29H33BrClN3O4S/c1-20-9-15-26(16-10-20)39(37,38)34(25-8-6-7-24(31)17-25)19-27(35)33(18-22-11-13-23(30)14-12-22)21(2)28(36)32-29(3,4)5/h6-17,21H,18-19H2,1-5H3,(H,32,36)/t21-/m1/s1. The number of sulfonamides is 1. The lowest BCUT2D eigenvalue weighted by atomic mass is 10.1. The maximum atomic E-state index is 13.9. The van der Waals surface area contributed by atoms with Gasteiger partial charge < -0.3 is 10.2 Å². The zero-order valence-electron chi connectivity index (χ0n) is 22.6. The average Bonchev–Trinajstić information content (AvgIpc) is 2.85. The molecular weight excluding hydrogens is 602 g/mol. The smallest absolute Gasteiger partial charge is 0.264 e. The van der Waals surface area contributed by atoms with Gasteiger partial charge in [0.05, 0.1) is 10.6 Å². The number of hydrogen-bond donors (Lipinski definition) is 1. The first kappa shape index (κ1) is 30.7. The number of hydrogen-bond acceptors (Lipinski definition) is 4. The number of rotatable bonds is 9. The normalized spacial score (nSPS) is 12.5. The van der Waals surface area contributed by atoms with E-state index in [1.165, 1.54) is 23.1 Å². The van der Waals surface area contributed by atoms with Crippen molar-refractivity contribution in [1.29, 1.82) is 0 Å². The molecule has 3 aromatic rings. The maximum absolute atomic E-state index is 13.9. The van der Waals surface area contributed by atoms with Gasteiger partial charge in [-0.15, -0.1) is 0 Å². The molecule has 2 amide bonds.